The van der Waals surface area contributed by atoms with Crippen LogP contribution in [-0.4, -0.2) is 26.8 Å². The predicted molar refractivity (Wildman–Crippen MR) is 117 cm³/mol. The van der Waals surface area contributed by atoms with Crippen LogP contribution < -0.4 is 4.90 Å². The van der Waals surface area contributed by atoms with Crippen LogP contribution in [0, 0.1) is 0 Å². The molecule has 0 bridgehead atoms. The summed E-state index contributed by atoms with van der Waals surface area (Å²) in [4.78, 5) is 40.2. The van der Waals surface area contributed by atoms with E-state index in [2.05, 4.69) is 15.0 Å². The van der Waals surface area contributed by atoms with E-state index in [9.17, 15) is 9.59 Å². The van der Waals surface area contributed by atoms with Crippen LogP contribution in [0.3, 0.4) is 0 Å². The lowest BCUT2D eigenvalue weighted by Gasteiger charge is -2.19. The Bertz CT molecular complexity index is 1090. The van der Waals surface area contributed by atoms with E-state index in [1.807, 2.05) is 6.07 Å². The van der Waals surface area contributed by atoms with Crippen LogP contribution in [-0.2, 0) is 0 Å². The van der Waals surface area contributed by atoms with E-state index in [0.29, 0.717) is 16.8 Å². The zero-order valence-corrected chi connectivity index (χ0v) is 16.6. The van der Waals surface area contributed by atoms with Crippen molar-refractivity contribution in [3.05, 3.63) is 109 Å². The van der Waals surface area contributed by atoms with Gasteiger partial charge in [-0.25, -0.2) is 14.9 Å². The molecular weight excluding hydrogens is 400 g/mol. The lowest BCUT2D eigenvalue weighted by Crippen LogP contribution is -2.38. The Morgan fingerprint density at radius 1 is 0.700 bits per heavy atom. The summed E-state index contributed by atoms with van der Waals surface area (Å²) in [6.45, 7) is 0. The molecule has 2 amide bonds. The van der Waals surface area contributed by atoms with E-state index in [4.69, 9.17) is 0 Å². The Kier molecular flexibility index (Phi) is 6.62. The van der Waals surface area contributed by atoms with Gasteiger partial charge in [-0.2, -0.15) is 0 Å². The van der Waals surface area contributed by atoms with Gasteiger partial charge in [-0.1, -0.05) is 36.4 Å². The number of anilines is 1. The van der Waals surface area contributed by atoms with Gasteiger partial charge in [0.15, 0.2) is 0 Å². The largest absolute Gasteiger partial charge is 0.268 e. The minimum absolute atomic E-state index is 0. The second kappa shape index (κ2) is 9.54. The SMILES string of the molecule is Cl.O=C(c1ccccc1)N(C(=O)c1ccccc1)c1nccc(-c2cccnc2)n1. The number of aromatic nitrogens is 3. The van der Waals surface area contributed by atoms with Crippen LogP contribution in [0.15, 0.2) is 97.5 Å². The van der Waals surface area contributed by atoms with Gasteiger partial charge in [-0.3, -0.25) is 14.6 Å². The summed E-state index contributed by atoms with van der Waals surface area (Å²) in [5.74, 6) is -0.986. The third-order valence-electron chi connectivity index (χ3n) is 4.25. The highest BCUT2D eigenvalue weighted by Crippen LogP contribution is 2.21. The molecule has 0 aliphatic carbocycles. The molecule has 0 unspecified atom stereocenters. The van der Waals surface area contributed by atoms with Gasteiger partial charge in [-0.15, -0.1) is 12.4 Å². The van der Waals surface area contributed by atoms with E-state index < -0.39 is 11.8 Å². The molecule has 0 radical (unpaired) electrons. The highest BCUT2D eigenvalue weighted by atomic mass is 35.5. The number of carbonyl (C=O) groups excluding carboxylic acids is 2. The summed E-state index contributed by atoms with van der Waals surface area (Å²) < 4.78 is 0. The number of halogens is 1. The van der Waals surface area contributed by atoms with Crippen molar-refractivity contribution in [2.24, 2.45) is 0 Å². The van der Waals surface area contributed by atoms with E-state index in [1.165, 1.54) is 6.20 Å². The normalized spacial score (nSPS) is 10.0. The molecule has 2 heterocycles. The average molecular weight is 417 g/mol. The van der Waals surface area contributed by atoms with Gasteiger partial charge in [0.05, 0.1) is 5.69 Å². The quantitative estimate of drug-likeness (QED) is 0.459. The number of hydrogen-bond acceptors (Lipinski definition) is 5. The lowest BCUT2D eigenvalue weighted by atomic mass is 10.1. The van der Waals surface area contributed by atoms with Crippen molar-refractivity contribution in [2.45, 2.75) is 0 Å². The molecule has 0 N–H and O–H groups in total. The summed E-state index contributed by atoms with van der Waals surface area (Å²) in [6, 6.07) is 22.5. The molecule has 2 aromatic heterocycles. The number of hydrogen-bond donors (Lipinski definition) is 0. The van der Waals surface area contributed by atoms with Gasteiger partial charge in [0.1, 0.15) is 0 Å². The fourth-order valence-corrected chi connectivity index (χ4v) is 2.82. The maximum absolute atomic E-state index is 13.2. The van der Waals surface area contributed by atoms with Gasteiger partial charge in [-0.05, 0) is 42.5 Å². The fraction of sp³-hybridized carbons (Fsp3) is 0. The highest BCUT2D eigenvalue weighted by Gasteiger charge is 2.28. The first-order valence-corrected chi connectivity index (χ1v) is 8.96. The van der Waals surface area contributed by atoms with Crippen LogP contribution in [0.4, 0.5) is 5.95 Å². The number of carbonyl (C=O) groups is 2. The van der Waals surface area contributed by atoms with Crippen LogP contribution in [0.1, 0.15) is 20.7 Å². The van der Waals surface area contributed by atoms with Crippen molar-refractivity contribution in [1.29, 1.82) is 0 Å². The number of rotatable bonds is 4. The maximum atomic E-state index is 13.2. The van der Waals surface area contributed by atoms with E-state index in [1.54, 1.807) is 85.2 Å². The van der Waals surface area contributed by atoms with Gasteiger partial charge in [0.25, 0.3) is 11.8 Å². The van der Waals surface area contributed by atoms with E-state index >= 15 is 0 Å². The zero-order chi connectivity index (χ0) is 20.1. The molecule has 148 valence electrons. The van der Waals surface area contributed by atoms with Crippen molar-refractivity contribution in [1.82, 2.24) is 15.0 Å². The van der Waals surface area contributed by atoms with Gasteiger partial charge >= 0.3 is 0 Å². The average Bonchev–Trinajstić information content (AvgIpc) is 2.81. The van der Waals surface area contributed by atoms with Gasteiger partial charge in [0.2, 0.25) is 5.95 Å². The minimum atomic E-state index is -0.497. The Balaban J connectivity index is 0.00000256. The van der Waals surface area contributed by atoms with Crippen LogP contribution in [0.2, 0.25) is 0 Å². The molecule has 0 aliphatic heterocycles. The summed E-state index contributed by atoms with van der Waals surface area (Å²) in [5.41, 5.74) is 2.06. The summed E-state index contributed by atoms with van der Waals surface area (Å²) in [5, 5.41) is 0. The van der Waals surface area contributed by atoms with Crippen molar-refractivity contribution in [3.63, 3.8) is 0 Å². The molecule has 0 atom stereocenters. The molecule has 0 fully saturated rings. The number of imide groups is 1. The zero-order valence-electron chi connectivity index (χ0n) is 15.8. The minimum Gasteiger partial charge on any atom is -0.268 e. The second-order valence-electron chi connectivity index (χ2n) is 6.16. The van der Waals surface area contributed by atoms with Crippen LogP contribution >= 0.6 is 12.4 Å². The third-order valence-corrected chi connectivity index (χ3v) is 4.25. The molecular formula is C23H17ClN4O2. The Morgan fingerprint density at radius 3 is 1.83 bits per heavy atom. The first kappa shape index (κ1) is 20.8. The van der Waals surface area contributed by atoms with Crippen LogP contribution in [0.25, 0.3) is 11.3 Å². The molecule has 2 aromatic carbocycles. The summed E-state index contributed by atoms with van der Waals surface area (Å²) >= 11 is 0. The van der Waals surface area contributed by atoms with Crippen molar-refractivity contribution in [3.8, 4) is 11.3 Å². The Morgan fingerprint density at radius 2 is 1.30 bits per heavy atom. The predicted octanol–water partition coefficient (Wildman–Crippen LogP) is 4.45. The van der Waals surface area contributed by atoms with Gasteiger partial charge < -0.3 is 0 Å². The summed E-state index contributed by atoms with van der Waals surface area (Å²) in [7, 11) is 0. The molecule has 0 aliphatic rings. The number of benzene rings is 2. The van der Waals surface area contributed by atoms with Crippen LogP contribution in [0.5, 0.6) is 0 Å². The fourth-order valence-electron chi connectivity index (χ4n) is 2.82. The second-order valence-corrected chi connectivity index (χ2v) is 6.16. The maximum Gasteiger partial charge on any atom is 0.267 e. The monoisotopic (exact) mass is 416 g/mol. The standard InChI is InChI=1S/C23H16N4O2.ClH/c28-21(17-8-3-1-4-9-17)27(22(29)18-10-5-2-6-11-18)23-25-15-13-20(26-23)19-12-7-14-24-16-19;/h1-16H;1H. The van der Waals surface area contributed by atoms with Crippen molar-refractivity contribution in [2.75, 3.05) is 4.90 Å². The molecule has 6 nitrogen and oxygen atoms in total. The molecule has 4 aromatic rings. The van der Waals surface area contributed by atoms with E-state index in [0.717, 1.165) is 10.5 Å². The molecule has 0 saturated carbocycles. The molecule has 4 rings (SSSR count). The number of amides is 2. The molecule has 0 saturated heterocycles. The summed E-state index contributed by atoms with van der Waals surface area (Å²) in [6.07, 6.45) is 4.85. The van der Waals surface area contributed by atoms with Crippen molar-refractivity contribution >= 4 is 30.2 Å². The topological polar surface area (TPSA) is 76.1 Å². The number of nitrogens with zero attached hydrogens (tertiary/aromatic N) is 4. The smallest absolute Gasteiger partial charge is 0.267 e. The lowest BCUT2D eigenvalue weighted by molar-refractivity contribution is 0.0895. The first-order chi connectivity index (χ1) is 14.2. The first-order valence-electron chi connectivity index (χ1n) is 8.96. The Labute approximate surface area is 179 Å². The molecule has 7 heteroatoms. The highest BCUT2D eigenvalue weighted by molar-refractivity contribution is 6.24. The van der Waals surface area contributed by atoms with Gasteiger partial charge in [0, 0.05) is 35.3 Å². The number of pyridine rings is 1. The van der Waals surface area contributed by atoms with Crippen molar-refractivity contribution < 1.29 is 9.59 Å². The third kappa shape index (κ3) is 4.39. The Hall–Kier alpha value is -3.90. The van der Waals surface area contributed by atoms with E-state index in [-0.39, 0.29) is 18.4 Å². The molecule has 30 heavy (non-hydrogen) atoms. The molecule has 0 spiro atoms.